The Balaban J connectivity index is 2.09. The minimum Gasteiger partial charge on any atom is -0.493 e. The third-order valence-electron chi connectivity index (χ3n) is 5.70. The van der Waals surface area contributed by atoms with Gasteiger partial charge in [0.15, 0.2) is 11.5 Å². The lowest BCUT2D eigenvalue weighted by Crippen LogP contribution is -2.43. The monoisotopic (exact) mass is 496 g/mol. The number of carbonyl (C=O) groups is 2. The predicted octanol–water partition coefficient (Wildman–Crippen LogP) is 1.89. The van der Waals surface area contributed by atoms with Crippen LogP contribution in [-0.2, 0) is 17.9 Å². The number of hydrogen-bond acceptors (Lipinski definition) is 6. The van der Waals surface area contributed by atoms with Crippen LogP contribution in [0.2, 0.25) is 0 Å². The maximum absolute atomic E-state index is 13.5. The van der Waals surface area contributed by atoms with Gasteiger partial charge in [0.05, 0.1) is 31.7 Å². The summed E-state index contributed by atoms with van der Waals surface area (Å²) in [5.41, 5.74) is 0.263. The number of fused-ring (bicyclic) bond motifs is 1. The van der Waals surface area contributed by atoms with Gasteiger partial charge >= 0.3 is 5.69 Å². The largest absolute Gasteiger partial charge is 0.493 e. The minimum absolute atomic E-state index is 0.0324. The summed E-state index contributed by atoms with van der Waals surface area (Å²) >= 11 is 0. The van der Waals surface area contributed by atoms with E-state index >= 15 is 0 Å². The molecule has 10 nitrogen and oxygen atoms in total. The van der Waals surface area contributed by atoms with Crippen LogP contribution in [0.1, 0.15) is 42.6 Å². The molecule has 0 aliphatic carbocycles. The first-order valence-electron chi connectivity index (χ1n) is 11.9. The van der Waals surface area contributed by atoms with Crippen LogP contribution in [-0.4, -0.2) is 48.3 Å². The molecule has 36 heavy (non-hydrogen) atoms. The number of ether oxygens (including phenoxy) is 2. The highest BCUT2D eigenvalue weighted by atomic mass is 16.5. The van der Waals surface area contributed by atoms with Crippen molar-refractivity contribution in [3.63, 3.8) is 0 Å². The summed E-state index contributed by atoms with van der Waals surface area (Å²) in [5.74, 6) is 0.133. The molecule has 2 amide bonds. The van der Waals surface area contributed by atoms with Crippen molar-refractivity contribution in [2.24, 2.45) is 0 Å². The van der Waals surface area contributed by atoms with E-state index in [2.05, 4.69) is 10.6 Å². The van der Waals surface area contributed by atoms with Crippen molar-refractivity contribution in [3.05, 3.63) is 68.4 Å². The van der Waals surface area contributed by atoms with Gasteiger partial charge in [0.2, 0.25) is 5.91 Å². The van der Waals surface area contributed by atoms with Crippen LogP contribution >= 0.6 is 0 Å². The Labute approximate surface area is 208 Å². The highest BCUT2D eigenvalue weighted by molar-refractivity contribution is 5.94. The van der Waals surface area contributed by atoms with Crippen molar-refractivity contribution in [2.75, 3.05) is 27.3 Å². The fourth-order valence-corrected chi connectivity index (χ4v) is 3.78. The third kappa shape index (κ3) is 5.76. The minimum atomic E-state index is -0.629. The van der Waals surface area contributed by atoms with E-state index in [1.165, 1.54) is 30.9 Å². The molecule has 192 valence electrons. The first-order valence-corrected chi connectivity index (χ1v) is 11.9. The summed E-state index contributed by atoms with van der Waals surface area (Å²) in [5, 5.41) is 5.78. The second kappa shape index (κ2) is 12.1. The molecule has 3 aromatic rings. The van der Waals surface area contributed by atoms with Crippen LogP contribution in [0.5, 0.6) is 11.5 Å². The highest BCUT2D eigenvalue weighted by Gasteiger charge is 2.19. The maximum atomic E-state index is 13.5. The smallest absolute Gasteiger partial charge is 0.332 e. The Hall–Kier alpha value is -4.08. The number of benzene rings is 2. The van der Waals surface area contributed by atoms with E-state index in [4.69, 9.17) is 9.47 Å². The van der Waals surface area contributed by atoms with Gasteiger partial charge in [0.25, 0.3) is 11.5 Å². The van der Waals surface area contributed by atoms with Crippen LogP contribution in [0.25, 0.3) is 10.9 Å². The summed E-state index contributed by atoms with van der Waals surface area (Å²) in [6.45, 7) is 4.65. The van der Waals surface area contributed by atoms with Crippen molar-refractivity contribution in [1.82, 2.24) is 19.8 Å². The van der Waals surface area contributed by atoms with Gasteiger partial charge in [-0.25, -0.2) is 4.79 Å². The molecule has 0 radical (unpaired) electrons. The quantitative estimate of drug-likeness (QED) is 0.418. The van der Waals surface area contributed by atoms with Gasteiger partial charge < -0.3 is 20.1 Å². The zero-order valence-electron chi connectivity index (χ0n) is 21.1. The molecule has 0 aliphatic heterocycles. The molecule has 0 spiro atoms. The maximum Gasteiger partial charge on any atom is 0.332 e. The fraction of sp³-hybridized carbons (Fsp3) is 0.385. The fourth-order valence-electron chi connectivity index (χ4n) is 3.78. The van der Waals surface area contributed by atoms with E-state index in [-0.39, 0.29) is 35.8 Å². The highest BCUT2D eigenvalue weighted by Crippen LogP contribution is 2.30. The van der Waals surface area contributed by atoms with Crippen LogP contribution in [0.4, 0.5) is 0 Å². The molecule has 1 heterocycles. The summed E-state index contributed by atoms with van der Waals surface area (Å²) in [7, 11) is 2.90. The molecule has 0 saturated heterocycles. The molecule has 10 heteroatoms. The van der Waals surface area contributed by atoms with Gasteiger partial charge in [-0.3, -0.25) is 23.5 Å². The molecule has 0 saturated carbocycles. The van der Waals surface area contributed by atoms with Crippen LogP contribution in [0.3, 0.4) is 0 Å². The van der Waals surface area contributed by atoms with Crippen molar-refractivity contribution in [3.8, 4) is 11.5 Å². The standard InChI is InChI=1S/C26H32N4O6/c1-5-11-27-23(31)16-29-20-14-22(36-4)21(35-3)13-19(20)25(33)30(26(29)34)15-17-7-9-18(10-8-17)24(32)28-12-6-2/h7-10,13-14H,5-6,11-12,15-16H2,1-4H3,(H,27,31)(H,28,32). The lowest BCUT2D eigenvalue weighted by Gasteiger charge is -2.16. The molecule has 0 unspecified atom stereocenters. The number of methoxy groups -OCH3 is 2. The summed E-state index contributed by atoms with van der Waals surface area (Å²) < 4.78 is 13.0. The normalized spacial score (nSPS) is 10.8. The average Bonchev–Trinajstić information content (AvgIpc) is 2.90. The summed E-state index contributed by atoms with van der Waals surface area (Å²) in [6.07, 6.45) is 1.58. The topological polar surface area (TPSA) is 121 Å². The van der Waals surface area contributed by atoms with Gasteiger partial charge in [0, 0.05) is 24.7 Å². The molecule has 0 atom stereocenters. The first kappa shape index (κ1) is 26.5. The number of nitrogens with zero attached hydrogens (tertiary/aromatic N) is 2. The SMILES string of the molecule is CCCNC(=O)Cn1c(=O)n(Cc2ccc(C(=O)NCCC)cc2)c(=O)c2cc(OC)c(OC)cc21. The van der Waals surface area contributed by atoms with E-state index < -0.39 is 11.2 Å². The Morgan fingerprint density at radius 3 is 2.08 bits per heavy atom. The number of carbonyl (C=O) groups excluding carboxylic acids is 2. The van der Waals surface area contributed by atoms with Crippen molar-refractivity contribution in [2.45, 2.75) is 39.8 Å². The van der Waals surface area contributed by atoms with Gasteiger partial charge in [-0.15, -0.1) is 0 Å². The lowest BCUT2D eigenvalue weighted by atomic mass is 10.1. The van der Waals surface area contributed by atoms with Gasteiger partial charge in [-0.2, -0.15) is 0 Å². The second-order valence-electron chi connectivity index (χ2n) is 8.29. The summed E-state index contributed by atoms with van der Waals surface area (Å²) in [6, 6.07) is 9.73. The molecule has 2 aromatic carbocycles. The zero-order valence-corrected chi connectivity index (χ0v) is 21.1. The van der Waals surface area contributed by atoms with Gasteiger partial charge in [-0.05, 0) is 36.6 Å². The third-order valence-corrected chi connectivity index (χ3v) is 5.70. The van der Waals surface area contributed by atoms with Crippen LogP contribution in [0, 0.1) is 0 Å². The molecule has 2 N–H and O–H groups in total. The Morgan fingerprint density at radius 2 is 1.47 bits per heavy atom. The predicted molar refractivity (Wildman–Crippen MR) is 137 cm³/mol. The Morgan fingerprint density at radius 1 is 0.861 bits per heavy atom. The van der Waals surface area contributed by atoms with Crippen LogP contribution < -0.4 is 31.4 Å². The van der Waals surface area contributed by atoms with Gasteiger partial charge in [-0.1, -0.05) is 26.0 Å². The first-order chi connectivity index (χ1) is 17.3. The lowest BCUT2D eigenvalue weighted by molar-refractivity contribution is -0.121. The number of nitrogens with one attached hydrogen (secondary N) is 2. The second-order valence-corrected chi connectivity index (χ2v) is 8.29. The van der Waals surface area contributed by atoms with E-state index in [9.17, 15) is 19.2 Å². The van der Waals surface area contributed by atoms with Gasteiger partial charge in [0.1, 0.15) is 6.54 Å². The van der Waals surface area contributed by atoms with Crippen molar-refractivity contribution in [1.29, 1.82) is 0 Å². The Bertz CT molecular complexity index is 1360. The molecular weight excluding hydrogens is 464 g/mol. The molecule has 0 aliphatic rings. The van der Waals surface area contributed by atoms with E-state index in [0.29, 0.717) is 35.7 Å². The Kier molecular flexibility index (Phi) is 8.88. The summed E-state index contributed by atoms with van der Waals surface area (Å²) in [4.78, 5) is 51.6. The molecule has 3 rings (SSSR count). The zero-order chi connectivity index (χ0) is 26.2. The molecule has 1 aromatic heterocycles. The van der Waals surface area contributed by atoms with E-state index in [0.717, 1.165) is 17.4 Å². The molecule has 0 bridgehead atoms. The molecular formula is C26H32N4O6. The number of hydrogen-bond donors (Lipinski definition) is 2. The number of amides is 2. The molecule has 0 fully saturated rings. The number of aromatic nitrogens is 2. The van der Waals surface area contributed by atoms with Crippen molar-refractivity contribution >= 4 is 22.7 Å². The number of rotatable bonds is 11. The van der Waals surface area contributed by atoms with Crippen LogP contribution in [0.15, 0.2) is 46.0 Å². The average molecular weight is 497 g/mol. The van der Waals surface area contributed by atoms with Crippen molar-refractivity contribution < 1.29 is 19.1 Å². The van der Waals surface area contributed by atoms with E-state index in [1.807, 2.05) is 13.8 Å². The van der Waals surface area contributed by atoms with E-state index in [1.54, 1.807) is 24.3 Å².